The molecule has 62 valence electrons. The summed E-state index contributed by atoms with van der Waals surface area (Å²) in [5.41, 5.74) is 7.18. The topological polar surface area (TPSA) is 73.5 Å². The number of rotatable bonds is 2. The van der Waals surface area contributed by atoms with Gasteiger partial charge in [-0.2, -0.15) is 5.11 Å². The molecule has 2 N–H and O–H groups in total. The molecule has 0 spiro atoms. The Morgan fingerprint density at radius 2 is 2.00 bits per heavy atom. The lowest BCUT2D eigenvalue weighted by atomic mass is 10.3. The van der Waals surface area contributed by atoms with Gasteiger partial charge in [0.2, 0.25) is 0 Å². The molecule has 0 atom stereocenters. The maximum Gasteiger partial charge on any atom is 0.369 e. The van der Waals surface area contributed by atoms with Crippen LogP contribution in [0.15, 0.2) is 34.3 Å². The van der Waals surface area contributed by atoms with Crippen LogP contribution in [0.25, 0.3) is 0 Å². The van der Waals surface area contributed by atoms with Gasteiger partial charge in [0, 0.05) is 4.90 Å². The van der Waals surface area contributed by atoms with Crippen molar-refractivity contribution in [3.05, 3.63) is 24.3 Å². The van der Waals surface area contributed by atoms with Gasteiger partial charge >= 0.3 is 5.30 Å². The normalized spacial score (nSPS) is 9.33. The van der Waals surface area contributed by atoms with Crippen molar-refractivity contribution in [3.63, 3.8) is 0 Å². The number of hydrogen-bond acceptors (Lipinski definition) is 4. The van der Waals surface area contributed by atoms with Gasteiger partial charge in [0.1, 0.15) is 0 Å². The summed E-state index contributed by atoms with van der Waals surface area (Å²) in [7, 11) is 0. The van der Waals surface area contributed by atoms with Crippen molar-refractivity contribution < 1.29 is 9.90 Å². The first-order chi connectivity index (χ1) is 5.72. The SMILES string of the molecule is N=Nc1ccc(SC(=O)O)cc1. The molecular weight excluding hydrogens is 176 g/mol. The lowest BCUT2D eigenvalue weighted by molar-refractivity contribution is 0.222. The second kappa shape index (κ2) is 3.87. The minimum Gasteiger partial charge on any atom is -0.473 e. The molecule has 0 fully saturated rings. The molecule has 0 saturated carbocycles. The van der Waals surface area contributed by atoms with Gasteiger partial charge in [-0.15, -0.1) is 0 Å². The third kappa shape index (κ3) is 2.35. The second-order valence-corrected chi connectivity index (χ2v) is 3.00. The minimum atomic E-state index is -0.939. The highest BCUT2D eigenvalue weighted by molar-refractivity contribution is 8.13. The molecule has 1 aromatic carbocycles. The van der Waals surface area contributed by atoms with Crippen LogP contribution >= 0.6 is 11.8 Å². The highest BCUT2D eigenvalue weighted by Crippen LogP contribution is 2.21. The van der Waals surface area contributed by atoms with Gasteiger partial charge in [0.25, 0.3) is 0 Å². The van der Waals surface area contributed by atoms with Gasteiger partial charge in [-0.3, -0.25) is 0 Å². The molecule has 0 unspecified atom stereocenters. The smallest absolute Gasteiger partial charge is 0.369 e. The van der Waals surface area contributed by atoms with Crippen molar-refractivity contribution in [2.75, 3.05) is 0 Å². The molecule has 12 heavy (non-hydrogen) atoms. The highest BCUT2D eigenvalue weighted by Gasteiger charge is 1.99. The molecule has 4 nitrogen and oxygen atoms in total. The summed E-state index contributed by atoms with van der Waals surface area (Å²) in [6, 6.07) is 6.43. The quantitative estimate of drug-likeness (QED) is 0.545. The van der Waals surface area contributed by atoms with E-state index in [0.29, 0.717) is 10.6 Å². The summed E-state index contributed by atoms with van der Waals surface area (Å²) in [6.45, 7) is 0. The number of hydrogen-bond donors (Lipinski definition) is 2. The van der Waals surface area contributed by atoms with E-state index in [-0.39, 0.29) is 0 Å². The van der Waals surface area contributed by atoms with E-state index in [1.807, 2.05) is 0 Å². The Hall–Kier alpha value is -1.36. The minimum absolute atomic E-state index is 0.518. The molecule has 0 heterocycles. The molecule has 5 heteroatoms. The third-order valence-electron chi connectivity index (χ3n) is 1.17. The summed E-state index contributed by atoms with van der Waals surface area (Å²) < 4.78 is 0. The Labute approximate surface area is 73.1 Å². The van der Waals surface area contributed by atoms with Gasteiger partial charge < -0.3 is 5.11 Å². The predicted molar refractivity (Wildman–Crippen MR) is 45.1 cm³/mol. The van der Waals surface area contributed by atoms with E-state index in [1.54, 1.807) is 24.3 Å². The Kier molecular flexibility index (Phi) is 2.82. The molecule has 1 aromatic rings. The third-order valence-corrected chi connectivity index (χ3v) is 1.85. The average molecular weight is 182 g/mol. The van der Waals surface area contributed by atoms with Gasteiger partial charge in [-0.25, -0.2) is 10.3 Å². The lowest BCUT2D eigenvalue weighted by Gasteiger charge is -1.94. The summed E-state index contributed by atoms with van der Waals surface area (Å²) in [5, 5.41) is 10.6. The van der Waals surface area contributed by atoms with Crippen LogP contribution in [-0.2, 0) is 0 Å². The summed E-state index contributed by atoms with van der Waals surface area (Å²) >= 11 is 0.731. The maximum absolute atomic E-state index is 10.2. The van der Waals surface area contributed by atoms with Crippen molar-refractivity contribution >= 4 is 22.8 Å². The van der Waals surface area contributed by atoms with Crippen LogP contribution in [0.5, 0.6) is 0 Å². The summed E-state index contributed by atoms with van der Waals surface area (Å²) in [4.78, 5) is 10.9. The zero-order chi connectivity index (χ0) is 8.97. The standard InChI is InChI=1S/C7H6N2O2S/c8-9-5-1-3-6(4-2-5)12-7(10)11/h1-4,8H,(H,10,11). The molecule has 0 saturated heterocycles. The van der Waals surface area contributed by atoms with Gasteiger partial charge in [-0.1, -0.05) is 0 Å². The molecule has 0 aliphatic heterocycles. The fraction of sp³-hybridized carbons (Fsp3) is 0. The highest BCUT2D eigenvalue weighted by atomic mass is 32.2. The van der Waals surface area contributed by atoms with Crippen molar-refractivity contribution in [2.45, 2.75) is 4.90 Å². The van der Waals surface area contributed by atoms with Crippen LogP contribution in [0, 0.1) is 5.53 Å². The van der Waals surface area contributed by atoms with E-state index in [0.717, 1.165) is 11.8 Å². The zero-order valence-electron chi connectivity index (χ0n) is 6.02. The Morgan fingerprint density at radius 3 is 2.42 bits per heavy atom. The number of carbonyl (C=O) groups is 1. The van der Waals surface area contributed by atoms with E-state index < -0.39 is 5.30 Å². The first-order valence-corrected chi connectivity index (χ1v) is 3.92. The molecule has 0 bridgehead atoms. The summed E-state index contributed by atoms with van der Waals surface area (Å²) in [6.07, 6.45) is 0. The van der Waals surface area contributed by atoms with Crippen LogP contribution in [0.2, 0.25) is 0 Å². The number of benzene rings is 1. The Morgan fingerprint density at radius 1 is 1.42 bits per heavy atom. The monoisotopic (exact) mass is 182 g/mol. The molecule has 0 amide bonds. The number of carboxylic acid groups (broad SMARTS) is 1. The van der Waals surface area contributed by atoms with Gasteiger partial charge in [-0.05, 0) is 36.0 Å². The maximum atomic E-state index is 10.2. The number of nitrogens with zero attached hydrogens (tertiary/aromatic N) is 1. The van der Waals surface area contributed by atoms with Crippen LogP contribution < -0.4 is 0 Å². The summed E-state index contributed by atoms with van der Waals surface area (Å²) in [5.74, 6) is 0. The largest absolute Gasteiger partial charge is 0.473 e. The first-order valence-electron chi connectivity index (χ1n) is 3.10. The van der Waals surface area contributed by atoms with Crippen molar-refractivity contribution in [1.29, 1.82) is 5.53 Å². The Balaban J connectivity index is 2.77. The van der Waals surface area contributed by atoms with E-state index in [1.165, 1.54) is 0 Å². The van der Waals surface area contributed by atoms with Crippen molar-refractivity contribution in [2.24, 2.45) is 5.11 Å². The predicted octanol–water partition coefficient (Wildman–Crippen LogP) is 3.12. The fourth-order valence-electron chi connectivity index (χ4n) is 0.690. The van der Waals surface area contributed by atoms with Crippen molar-refractivity contribution in [1.82, 2.24) is 0 Å². The van der Waals surface area contributed by atoms with Crippen LogP contribution in [-0.4, -0.2) is 10.4 Å². The van der Waals surface area contributed by atoms with E-state index in [9.17, 15) is 4.79 Å². The molecule has 0 radical (unpaired) electrons. The van der Waals surface area contributed by atoms with Gasteiger partial charge in [0.05, 0.1) is 5.69 Å². The van der Waals surface area contributed by atoms with Crippen LogP contribution in [0.1, 0.15) is 0 Å². The first kappa shape index (κ1) is 8.73. The number of thioether (sulfide) groups is 1. The fourth-order valence-corrected chi connectivity index (χ4v) is 1.16. The lowest BCUT2D eigenvalue weighted by Crippen LogP contribution is -1.81. The van der Waals surface area contributed by atoms with E-state index in [2.05, 4.69) is 5.11 Å². The molecule has 0 aliphatic carbocycles. The molecule has 0 aromatic heterocycles. The second-order valence-electron chi connectivity index (χ2n) is 1.97. The molecule has 1 rings (SSSR count). The molecule has 0 aliphatic rings. The van der Waals surface area contributed by atoms with Crippen LogP contribution in [0.4, 0.5) is 10.5 Å². The van der Waals surface area contributed by atoms with Crippen LogP contribution in [0.3, 0.4) is 0 Å². The molecular formula is C7H6N2O2S. The zero-order valence-corrected chi connectivity index (χ0v) is 6.84. The van der Waals surface area contributed by atoms with Crippen molar-refractivity contribution in [3.8, 4) is 0 Å². The van der Waals surface area contributed by atoms with Gasteiger partial charge in [0.15, 0.2) is 0 Å². The average Bonchev–Trinajstić information content (AvgIpc) is 2.05. The Bertz CT molecular complexity index is 297. The van der Waals surface area contributed by atoms with E-state index in [4.69, 9.17) is 10.6 Å². The number of nitrogens with one attached hydrogen (secondary N) is 1. The van der Waals surface area contributed by atoms with E-state index >= 15 is 0 Å².